The zero-order valence-corrected chi connectivity index (χ0v) is 12.3. The first-order valence-electron chi connectivity index (χ1n) is 7.33. The molecule has 1 aliphatic carbocycles. The molecule has 3 heteroatoms. The molecule has 0 aromatic heterocycles. The van der Waals surface area contributed by atoms with Crippen molar-refractivity contribution in [1.29, 1.82) is 0 Å². The Labute approximate surface area is 111 Å². The van der Waals surface area contributed by atoms with Crippen molar-refractivity contribution in [2.24, 2.45) is 0 Å². The molecule has 2 rings (SSSR count). The van der Waals surface area contributed by atoms with Gasteiger partial charge < -0.3 is 10.2 Å². The predicted molar refractivity (Wildman–Crippen MR) is 77.8 cm³/mol. The molecular weight excluding hydrogens is 228 g/mol. The van der Waals surface area contributed by atoms with Gasteiger partial charge in [0, 0.05) is 17.3 Å². The van der Waals surface area contributed by atoms with Crippen LogP contribution in [-0.4, -0.2) is 48.1 Å². The fourth-order valence-electron chi connectivity index (χ4n) is 3.26. The summed E-state index contributed by atoms with van der Waals surface area (Å²) in [6.07, 6.45) is 10.7. The lowest BCUT2D eigenvalue weighted by Crippen LogP contribution is -2.47. The van der Waals surface area contributed by atoms with Gasteiger partial charge in [-0.25, -0.2) is 0 Å². The lowest BCUT2D eigenvalue weighted by Gasteiger charge is -2.36. The number of hydrogen-bond donors (Lipinski definition) is 1. The molecule has 1 aliphatic heterocycles. The molecule has 0 aromatic rings. The third-order valence-electron chi connectivity index (χ3n) is 4.47. The van der Waals surface area contributed by atoms with Gasteiger partial charge in [-0.2, -0.15) is 11.8 Å². The van der Waals surface area contributed by atoms with Gasteiger partial charge in [-0.1, -0.05) is 13.3 Å². The molecule has 1 heterocycles. The van der Waals surface area contributed by atoms with Crippen LogP contribution in [-0.2, 0) is 0 Å². The van der Waals surface area contributed by atoms with Crippen molar-refractivity contribution in [2.45, 2.75) is 62.8 Å². The van der Waals surface area contributed by atoms with Gasteiger partial charge in [-0.15, -0.1) is 0 Å². The van der Waals surface area contributed by atoms with Crippen molar-refractivity contribution in [2.75, 3.05) is 25.9 Å². The Morgan fingerprint density at radius 1 is 1.12 bits per heavy atom. The fraction of sp³-hybridized carbons (Fsp3) is 1.00. The maximum Gasteiger partial charge on any atom is 0.00940 e. The zero-order valence-electron chi connectivity index (χ0n) is 11.5. The summed E-state index contributed by atoms with van der Waals surface area (Å²) in [6, 6.07) is 1.60. The quantitative estimate of drug-likeness (QED) is 0.832. The van der Waals surface area contributed by atoms with E-state index >= 15 is 0 Å². The van der Waals surface area contributed by atoms with E-state index in [1.165, 1.54) is 58.2 Å². The monoisotopic (exact) mass is 256 g/mol. The van der Waals surface area contributed by atoms with E-state index in [2.05, 4.69) is 35.2 Å². The Kier molecular flexibility index (Phi) is 5.64. The number of rotatable bonds is 4. The third-order valence-corrected chi connectivity index (χ3v) is 5.56. The van der Waals surface area contributed by atoms with Crippen LogP contribution in [0.1, 0.15) is 45.4 Å². The molecule has 0 aromatic carbocycles. The molecular formula is C14H28N2S. The second-order valence-electron chi connectivity index (χ2n) is 5.60. The van der Waals surface area contributed by atoms with Crippen LogP contribution in [0.5, 0.6) is 0 Å². The maximum absolute atomic E-state index is 3.93. The summed E-state index contributed by atoms with van der Waals surface area (Å²) in [5.74, 6) is 0. The molecule has 2 aliphatic rings. The van der Waals surface area contributed by atoms with Crippen molar-refractivity contribution in [3.8, 4) is 0 Å². The highest BCUT2D eigenvalue weighted by Gasteiger charge is 2.25. The van der Waals surface area contributed by atoms with Gasteiger partial charge in [0.15, 0.2) is 0 Å². The summed E-state index contributed by atoms with van der Waals surface area (Å²) in [4.78, 5) is 2.57. The van der Waals surface area contributed by atoms with Gasteiger partial charge in [0.05, 0.1) is 0 Å². The predicted octanol–water partition coefficient (Wildman–Crippen LogP) is 2.73. The molecule has 100 valence electrons. The van der Waals surface area contributed by atoms with Gasteiger partial charge in [0.25, 0.3) is 0 Å². The normalized spacial score (nSPS) is 32.8. The molecule has 0 spiro atoms. The Bertz CT molecular complexity index is 214. The van der Waals surface area contributed by atoms with Crippen LogP contribution in [0, 0.1) is 0 Å². The van der Waals surface area contributed by atoms with E-state index in [1.807, 2.05) is 0 Å². The first-order chi connectivity index (χ1) is 8.31. The summed E-state index contributed by atoms with van der Waals surface area (Å²) in [7, 11) is 0. The van der Waals surface area contributed by atoms with Crippen LogP contribution in [0.3, 0.4) is 0 Å². The first-order valence-corrected chi connectivity index (χ1v) is 8.61. The standard InChI is InChI=1S/C14H28N2S/c1-3-16-9-7-12(8-10-16)15-13-5-4-6-14(11-13)17-2/h12-15H,3-11H2,1-2H3. The summed E-state index contributed by atoms with van der Waals surface area (Å²) < 4.78 is 0. The minimum absolute atomic E-state index is 0.795. The van der Waals surface area contributed by atoms with Crippen molar-refractivity contribution in [3.05, 3.63) is 0 Å². The van der Waals surface area contributed by atoms with E-state index in [1.54, 1.807) is 0 Å². The highest BCUT2D eigenvalue weighted by Crippen LogP contribution is 2.27. The summed E-state index contributed by atoms with van der Waals surface area (Å²) in [5, 5.41) is 4.84. The SMILES string of the molecule is CCN1CCC(NC2CCCC(SC)C2)CC1. The molecule has 2 atom stereocenters. The number of piperidine rings is 1. The van der Waals surface area contributed by atoms with Crippen molar-refractivity contribution < 1.29 is 0 Å². The molecule has 17 heavy (non-hydrogen) atoms. The van der Waals surface area contributed by atoms with Gasteiger partial charge in [0.2, 0.25) is 0 Å². The molecule has 0 bridgehead atoms. The minimum atomic E-state index is 0.795. The smallest absolute Gasteiger partial charge is 0.00940 e. The number of nitrogens with zero attached hydrogens (tertiary/aromatic N) is 1. The second-order valence-corrected chi connectivity index (χ2v) is 6.73. The third kappa shape index (κ3) is 4.15. The van der Waals surface area contributed by atoms with Gasteiger partial charge in [-0.3, -0.25) is 0 Å². The fourth-order valence-corrected chi connectivity index (χ4v) is 4.09. The van der Waals surface area contributed by atoms with E-state index in [0.29, 0.717) is 0 Å². The van der Waals surface area contributed by atoms with Crippen LogP contribution in [0.4, 0.5) is 0 Å². The Morgan fingerprint density at radius 2 is 1.88 bits per heavy atom. The molecule has 1 N–H and O–H groups in total. The number of hydrogen-bond acceptors (Lipinski definition) is 3. The number of nitrogens with one attached hydrogen (secondary N) is 1. The van der Waals surface area contributed by atoms with E-state index in [-0.39, 0.29) is 0 Å². The molecule has 0 amide bonds. The molecule has 0 radical (unpaired) electrons. The molecule has 2 fully saturated rings. The molecule has 1 saturated carbocycles. The first kappa shape index (κ1) is 13.7. The van der Waals surface area contributed by atoms with Gasteiger partial charge >= 0.3 is 0 Å². The molecule has 1 saturated heterocycles. The maximum atomic E-state index is 3.93. The summed E-state index contributed by atoms with van der Waals surface area (Å²) >= 11 is 2.07. The topological polar surface area (TPSA) is 15.3 Å². The highest BCUT2D eigenvalue weighted by molar-refractivity contribution is 7.99. The van der Waals surface area contributed by atoms with Crippen LogP contribution >= 0.6 is 11.8 Å². The molecule has 2 unspecified atom stereocenters. The van der Waals surface area contributed by atoms with E-state index < -0.39 is 0 Å². The minimum Gasteiger partial charge on any atom is -0.311 e. The number of likely N-dealkylation sites (tertiary alicyclic amines) is 1. The van der Waals surface area contributed by atoms with Crippen molar-refractivity contribution in [1.82, 2.24) is 10.2 Å². The Morgan fingerprint density at radius 3 is 2.53 bits per heavy atom. The Hall–Kier alpha value is 0.270. The zero-order chi connectivity index (χ0) is 12.1. The van der Waals surface area contributed by atoms with E-state index in [9.17, 15) is 0 Å². The van der Waals surface area contributed by atoms with E-state index in [4.69, 9.17) is 0 Å². The summed E-state index contributed by atoms with van der Waals surface area (Å²) in [6.45, 7) is 6.10. The van der Waals surface area contributed by atoms with Gasteiger partial charge in [0.1, 0.15) is 0 Å². The van der Waals surface area contributed by atoms with Gasteiger partial charge in [-0.05, 0) is 58.0 Å². The highest BCUT2D eigenvalue weighted by atomic mass is 32.2. The number of thioether (sulfide) groups is 1. The van der Waals surface area contributed by atoms with Crippen LogP contribution in [0.2, 0.25) is 0 Å². The summed E-state index contributed by atoms with van der Waals surface area (Å²) in [5.41, 5.74) is 0. The average molecular weight is 256 g/mol. The lowest BCUT2D eigenvalue weighted by molar-refractivity contribution is 0.192. The van der Waals surface area contributed by atoms with Crippen molar-refractivity contribution >= 4 is 11.8 Å². The Balaban J connectivity index is 1.70. The average Bonchev–Trinajstić information content (AvgIpc) is 2.40. The van der Waals surface area contributed by atoms with E-state index in [0.717, 1.165) is 17.3 Å². The largest absolute Gasteiger partial charge is 0.311 e. The van der Waals surface area contributed by atoms with Crippen LogP contribution < -0.4 is 5.32 Å². The lowest BCUT2D eigenvalue weighted by atomic mass is 9.93. The second kappa shape index (κ2) is 7.01. The molecule has 2 nitrogen and oxygen atoms in total. The van der Waals surface area contributed by atoms with Crippen molar-refractivity contribution in [3.63, 3.8) is 0 Å². The van der Waals surface area contributed by atoms with Crippen LogP contribution in [0.25, 0.3) is 0 Å². The van der Waals surface area contributed by atoms with Crippen LogP contribution in [0.15, 0.2) is 0 Å².